The molecule has 3 saturated carbocycles. The van der Waals surface area contributed by atoms with Crippen LogP contribution in [0.1, 0.15) is 39.5 Å². The summed E-state index contributed by atoms with van der Waals surface area (Å²) in [6.07, 6.45) is 1.93. The minimum absolute atomic E-state index is 0.0208. The standard InChI is InChI=1S/C20H26O6/c1-4-17(2)8-11-13(22)14(23)15-18(3,16(24)25)6-5-10-7-19(10,15)20(11,26)12(21)9-17/h4,8,10,13-15,22-23,26H,1,5-7,9H2,2-3H3,(H,24,25). The van der Waals surface area contributed by atoms with E-state index in [0.717, 1.165) is 0 Å². The first kappa shape index (κ1) is 17.9. The van der Waals surface area contributed by atoms with Gasteiger partial charge in [0.2, 0.25) is 0 Å². The molecule has 0 saturated heterocycles. The maximum absolute atomic E-state index is 13.2. The number of allylic oxidation sites excluding steroid dienone is 2. The van der Waals surface area contributed by atoms with E-state index < -0.39 is 51.7 Å². The molecule has 26 heavy (non-hydrogen) atoms. The van der Waals surface area contributed by atoms with E-state index in [1.807, 2.05) is 0 Å². The topological polar surface area (TPSA) is 115 Å². The third-order valence-corrected chi connectivity index (χ3v) is 7.87. The van der Waals surface area contributed by atoms with Crippen molar-refractivity contribution < 1.29 is 30.0 Å². The van der Waals surface area contributed by atoms with Gasteiger partial charge in [0, 0.05) is 23.2 Å². The number of carboxylic acid groups (broad SMARTS) is 1. The number of fused-ring (bicyclic) bond motifs is 1. The SMILES string of the molecule is C=CC1(C)C=C2C(O)C(O)C3C(C)(C(=O)O)CCC4CC43C2(O)C(=O)C1. The molecule has 4 aliphatic rings. The number of carboxylic acids is 1. The average molecular weight is 362 g/mol. The van der Waals surface area contributed by atoms with Gasteiger partial charge < -0.3 is 20.4 Å². The van der Waals surface area contributed by atoms with Crippen molar-refractivity contribution >= 4 is 11.8 Å². The molecule has 0 aromatic carbocycles. The Morgan fingerprint density at radius 3 is 2.58 bits per heavy atom. The van der Waals surface area contributed by atoms with E-state index in [4.69, 9.17) is 0 Å². The summed E-state index contributed by atoms with van der Waals surface area (Å²) in [7, 11) is 0. The Bertz CT molecular complexity index is 757. The second-order valence-electron chi connectivity index (χ2n) is 9.24. The minimum atomic E-state index is -1.92. The van der Waals surface area contributed by atoms with Crippen LogP contribution < -0.4 is 0 Å². The lowest BCUT2D eigenvalue weighted by Crippen LogP contribution is -2.70. The van der Waals surface area contributed by atoms with Crippen LogP contribution in [0.3, 0.4) is 0 Å². The smallest absolute Gasteiger partial charge is 0.309 e. The minimum Gasteiger partial charge on any atom is -0.481 e. The van der Waals surface area contributed by atoms with Gasteiger partial charge in [-0.25, -0.2) is 0 Å². The number of rotatable bonds is 2. The zero-order chi connectivity index (χ0) is 19.3. The van der Waals surface area contributed by atoms with E-state index in [1.54, 1.807) is 26.0 Å². The zero-order valence-corrected chi connectivity index (χ0v) is 15.1. The largest absolute Gasteiger partial charge is 0.481 e. The summed E-state index contributed by atoms with van der Waals surface area (Å²) in [5.41, 5.74) is -4.81. The highest BCUT2D eigenvalue weighted by Gasteiger charge is 2.82. The van der Waals surface area contributed by atoms with Gasteiger partial charge in [-0.05, 0) is 37.7 Å². The molecule has 6 nitrogen and oxygen atoms in total. The van der Waals surface area contributed by atoms with E-state index in [0.29, 0.717) is 19.3 Å². The molecule has 142 valence electrons. The molecule has 0 heterocycles. The molecule has 0 aromatic heterocycles. The average Bonchev–Trinajstić information content (AvgIpc) is 3.31. The molecular formula is C20H26O6. The summed E-state index contributed by atoms with van der Waals surface area (Å²) >= 11 is 0. The number of carbonyl (C=O) groups excluding carboxylic acids is 1. The van der Waals surface area contributed by atoms with Crippen molar-refractivity contribution in [1.29, 1.82) is 0 Å². The molecule has 3 fully saturated rings. The first-order chi connectivity index (χ1) is 12.0. The van der Waals surface area contributed by atoms with Crippen molar-refractivity contribution in [1.82, 2.24) is 0 Å². The summed E-state index contributed by atoms with van der Waals surface area (Å²) in [5.74, 6) is -2.37. The second-order valence-corrected chi connectivity index (χ2v) is 9.24. The quantitative estimate of drug-likeness (QED) is 0.546. The van der Waals surface area contributed by atoms with Crippen LogP contribution in [0.25, 0.3) is 0 Å². The fourth-order valence-electron chi connectivity index (χ4n) is 6.35. The third kappa shape index (κ3) is 1.73. The van der Waals surface area contributed by atoms with Gasteiger partial charge >= 0.3 is 5.97 Å². The molecule has 0 amide bonds. The summed E-state index contributed by atoms with van der Waals surface area (Å²) in [5, 5.41) is 43.3. The van der Waals surface area contributed by atoms with Crippen LogP contribution in [0.4, 0.5) is 0 Å². The summed E-state index contributed by atoms with van der Waals surface area (Å²) in [4.78, 5) is 25.2. The zero-order valence-electron chi connectivity index (χ0n) is 15.1. The number of Topliss-reactive ketones (excluding diaryl/α,β-unsaturated/α-hetero) is 1. The van der Waals surface area contributed by atoms with Gasteiger partial charge in [0.15, 0.2) is 11.4 Å². The van der Waals surface area contributed by atoms with Gasteiger partial charge in [0.1, 0.15) is 6.10 Å². The van der Waals surface area contributed by atoms with Crippen molar-refractivity contribution in [2.24, 2.45) is 28.1 Å². The lowest BCUT2D eigenvalue weighted by atomic mass is 9.47. The van der Waals surface area contributed by atoms with Crippen LogP contribution in [0.2, 0.25) is 0 Å². The Balaban J connectivity index is 1.96. The third-order valence-electron chi connectivity index (χ3n) is 7.87. The Labute approximate surface area is 152 Å². The highest BCUT2D eigenvalue weighted by Crippen LogP contribution is 2.78. The maximum Gasteiger partial charge on any atom is 0.309 e. The predicted molar refractivity (Wildman–Crippen MR) is 92.0 cm³/mol. The molecule has 0 radical (unpaired) electrons. The van der Waals surface area contributed by atoms with E-state index in [-0.39, 0.29) is 17.9 Å². The second kappa shape index (κ2) is 4.86. The summed E-state index contributed by atoms with van der Waals surface area (Å²) in [6.45, 7) is 7.10. The highest BCUT2D eigenvalue weighted by atomic mass is 16.4. The molecule has 1 spiro atoms. The molecule has 0 aromatic rings. The van der Waals surface area contributed by atoms with Gasteiger partial charge in [-0.1, -0.05) is 19.1 Å². The molecule has 0 aliphatic heterocycles. The van der Waals surface area contributed by atoms with Gasteiger partial charge in [-0.2, -0.15) is 0 Å². The number of aliphatic hydroxyl groups is 3. The molecule has 4 aliphatic carbocycles. The molecular weight excluding hydrogens is 336 g/mol. The fraction of sp³-hybridized carbons (Fsp3) is 0.700. The number of aliphatic carboxylic acids is 1. The van der Waals surface area contributed by atoms with Crippen LogP contribution in [0.15, 0.2) is 24.3 Å². The molecule has 8 atom stereocenters. The van der Waals surface area contributed by atoms with Crippen molar-refractivity contribution in [3.05, 3.63) is 24.3 Å². The van der Waals surface area contributed by atoms with Crippen molar-refractivity contribution in [3.8, 4) is 0 Å². The highest BCUT2D eigenvalue weighted by molar-refractivity contribution is 5.96. The Morgan fingerprint density at radius 1 is 1.35 bits per heavy atom. The monoisotopic (exact) mass is 362 g/mol. The van der Waals surface area contributed by atoms with Gasteiger partial charge in [0.05, 0.1) is 11.5 Å². The molecule has 4 rings (SSSR count). The maximum atomic E-state index is 13.2. The number of aliphatic hydroxyl groups excluding tert-OH is 2. The lowest BCUT2D eigenvalue weighted by Gasteiger charge is -2.59. The van der Waals surface area contributed by atoms with Crippen LogP contribution in [-0.4, -0.2) is 50.0 Å². The Morgan fingerprint density at radius 2 is 2.00 bits per heavy atom. The number of hydrogen-bond donors (Lipinski definition) is 4. The van der Waals surface area contributed by atoms with Crippen LogP contribution in [0, 0.1) is 28.1 Å². The molecule has 4 N–H and O–H groups in total. The first-order valence-corrected chi connectivity index (χ1v) is 9.20. The fourth-order valence-corrected chi connectivity index (χ4v) is 6.35. The molecule has 8 unspecified atom stereocenters. The van der Waals surface area contributed by atoms with Gasteiger partial charge in [-0.15, -0.1) is 6.58 Å². The number of hydrogen-bond acceptors (Lipinski definition) is 5. The normalized spacial score (nSPS) is 55.1. The van der Waals surface area contributed by atoms with E-state index in [2.05, 4.69) is 6.58 Å². The van der Waals surface area contributed by atoms with Gasteiger partial charge in [-0.3, -0.25) is 9.59 Å². The number of ketones is 1. The first-order valence-electron chi connectivity index (χ1n) is 9.20. The van der Waals surface area contributed by atoms with E-state index in [9.17, 15) is 30.0 Å². The molecule has 6 heteroatoms. The van der Waals surface area contributed by atoms with Crippen molar-refractivity contribution in [2.45, 2.75) is 57.3 Å². The van der Waals surface area contributed by atoms with Crippen molar-refractivity contribution in [3.63, 3.8) is 0 Å². The van der Waals surface area contributed by atoms with Gasteiger partial charge in [0.25, 0.3) is 0 Å². The summed E-state index contributed by atoms with van der Waals surface area (Å²) in [6, 6.07) is 0. The van der Waals surface area contributed by atoms with E-state index >= 15 is 0 Å². The predicted octanol–water partition coefficient (Wildman–Crippen LogP) is 1.05. The van der Waals surface area contributed by atoms with Crippen LogP contribution >= 0.6 is 0 Å². The summed E-state index contributed by atoms with van der Waals surface area (Å²) < 4.78 is 0. The van der Waals surface area contributed by atoms with E-state index in [1.165, 1.54) is 0 Å². The van der Waals surface area contributed by atoms with Crippen LogP contribution in [0.5, 0.6) is 0 Å². The lowest BCUT2D eigenvalue weighted by molar-refractivity contribution is -0.204. The van der Waals surface area contributed by atoms with Crippen LogP contribution in [-0.2, 0) is 9.59 Å². The number of carbonyl (C=O) groups is 2. The Kier molecular flexibility index (Phi) is 3.34. The Hall–Kier alpha value is -1.50. The van der Waals surface area contributed by atoms with Crippen molar-refractivity contribution in [2.75, 3.05) is 0 Å². The molecule has 0 bridgehead atoms.